The molecule has 2 fully saturated rings. The SMILES string of the molecule is COc1cc2c(cc1OC(=O)OC(C)(C)C)CCN[C@]21CS[C@@H]2c3c(O)c(C)c4c(c3[C@H](COC1=O)N1C2[C@@H]2c3c(cc(C)c(OC)c3OC(=O)/C=C/c3ccccc3)C[C@@H]([C@@H]1C#N)N2C)OCO4. The zero-order chi connectivity index (χ0) is 48.7. The first-order valence-electron chi connectivity index (χ1n) is 22.9. The van der Waals surface area contributed by atoms with Crippen LogP contribution in [0.25, 0.3) is 6.08 Å². The lowest BCUT2D eigenvalue weighted by molar-refractivity contribution is -0.157. The lowest BCUT2D eigenvalue weighted by Crippen LogP contribution is -2.69. The molecule has 2 saturated heterocycles. The molecule has 16 nitrogen and oxygen atoms in total. The number of esters is 2. The molecule has 7 heterocycles. The number of likely N-dealkylation sites (N-methyl/N-ethyl adjacent to an activating group) is 1. The van der Waals surface area contributed by atoms with Crippen molar-refractivity contribution < 1.29 is 57.4 Å². The van der Waals surface area contributed by atoms with E-state index >= 15 is 4.79 Å². The van der Waals surface area contributed by atoms with E-state index in [0.717, 1.165) is 27.8 Å². The molecular weight excluding hydrogens is 905 g/mol. The molecular formula is C52H54N4O12S. The topological polar surface area (TPSA) is 188 Å². The van der Waals surface area contributed by atoms with Crippen LogP contribution in [0, 0.1) is 25.2 Å². The third-order valence-electron chi connectivity index (χ3n) is 14.2. The number of ether oxygens (including phenoxy) is 8. The zero-order valence-corrected chi connectivity index (χ0v) is 40.5. The first-order chi connectivity index (χ1) is 33.1. The van der Waals surface area contributed by atoms with Crippen molar-refractivity contribution in [2.75, 3.05) is 47.0 Å². The van der Waals surface area contributed by atoms with Crippen molar-refractivity contribution in [3.8, 4) is 46.3 Å². The van der Waals surface area contributed by atoms with Crippen LogP contribution in [-0.2, 0) is 37.4 Å². The first-order valence-corrected chi connectivity index (χ1v) is 24.0. The van der Waals surface area contributed by atoms with E-state index < -0.39 is 58.7 Å². The number of nitrogens with one attached hydrogen (secondary N) is 1. The summed E-state index contributed by atoms with van der Waals surface area (Å²) in [6, 6.07) is 14.5. The van der Waals surface area contributed by atoms with Gasteiger partial charge in [0.1, 0.15) is 24.0 Å². The third kappa shape index (κ3) is 7.59. The second kappa shape index (κ2) is 17.5. The summed E-state index contributed by atoms with van der Waals surface area (Å²) in [6.07, 6.45) is 3.10. The molecule has 0 saturated carbocycles. The number of aryl methyl sites for hydroxylation is 1. The van der Waals surface area contributed by atoms with Gasteiger partial charge >= 0.3 is 18.1 Å². The number of nitriles is 1. The van der Waals surface area contributed by atoms with Crippen molar-refractivity contribution in [2.24, 2.45) is 0 Å². The number of benzene rings is 4. The average Bonchev–Trinajstić information content (AvgIpc) is 3.81. The number of aromatic hydroxyl groups is 1. The van der Waals surface area contributed by atoms with Crippen molar-refractivity contribution in [3.63, 3.8) is 0 Å². The number of fused-ring (bicyclic) bond motifs is 9. The van der Waals surface area contributed by atoms with Crippen molar-refractivity contribution in [1.82, 2.24) is 15.1 Å². The van der Waals surface area contributed by atoms with E-state index in [2.05, 4.69) is 27.3 Å². The van der Waals surface area contributed by atoms with Crippen molar-refractivity contribution in [2.45, 2.75) is 94.1 Å². The van der Waals surface area contributed by atoms with Crippen LogP contribution in [0.15, 0.2) is 54.6 Å². The molecule has 0 aromatic heterocycles. The Labute approximate surface area is 404 Å². The summed E-state index contributed by atoms with van der Waals surface area (Å²) in [5, 5.41) is 26.8. The normalized spacial score (nSPS) is 25.6. The molecule has 1 unspecified atom stereocenters. The van der Waals surface area contributed by atoms with E-state index in [1.807, 2.05) is 44.3 Å². The van der Waals surface area contributed by atoms with Crippen LogP contribution < -0.4 is 33.7 Å². The number of thioether (sulfide) groups is 1. The van der Waals surface area contributed by atoms with Gasteiger partial charge in [-0.3, -0.25) is 15.1 Å². The summed E-state index contributed by atoms with van der Waals surface area (Å²) in [4.78, 5) is 46.3. The summed E-state index contributed by atoms with van der Waals surface area (Å²) < 4.78 is 48.2. The van der Waals surface area contributed by atoms with E-state index in [1.165, 1.54) is 24.9 Å². The summed E-state index contributed by atoms with van der Waals surface area (Å²) in [5.41, 5.74) is 3.92. The number of methoxy groups -OCH3 is 2. The van der Waals surface area contributed by atoms with E-state index in [0.29, 0.717) is 58.9 Å². The number of hydrogen-bond donors (Lipinski definition) is 2. The fourth-order valence-corrected chi connectivity index (χ4v) is 13.0. The Hall–Kier alpha value is -6.45. The quantitative estimate of drug-likeness (QED) is 0.0848. The molecule has 17 heteroatoms. The Balaban J connectivity index is 1.15. The number of rotatable bonds is 6. The average molecular weight is 959 g/mol. The molecule has 7 aliphatic heterocycles. The summed E-state index contributed by atoms with van der Waals surface area (Å²) in [6.45, 7) is 8.97. The van der Waals surface area contributed by atoms with Gasteiger partial charge < -0.3 is 43.0 Å². The lowest BCUT2D eigenvalue weighted by Gasteiger charge is -2.62. The van der Waals surface area contributed by atoms with E-state index in [9.17, 15) is 20.0 Å². The highest BCUT2D eigenvalue weighted by atomic mass is 32.2. The van der Waals surface area contributed by atoms with Gasteiger partial charge in [-0.1, -0.05) is 36.4 Å². The van der Waals surface area contributed by atoms with Gasteiger partial charge in [-0.15, -0.1) is 11.8 Å². The second-order valence-electron chi connectivity index (χ2n) is 19.2. The molecule has 0 amide bonds. The van der Waals surface area contributed by atoms with Gasteiger partial charge in [0.05, 0.1) is 37.6 Å². The number of carbonyl (C=O) groups is 3. The maximum Gasteiger partial charge on any atom is 0.514 e. The molecule has 11 rings (SSSR count). The highest BCUT2D eigenvalue weighted by Crippen LogP contribution is 2.64. The minimum Gasteiger partial charge on any atom is -0.507 e. The Morgan fingerprint density at radius 2 is 1.74 bits per heavy atom. The smallest absolute Gasteiger partial charge is 0.507 e. The molecule has 7 aliphatic rings. The maximum absolute atomic E-state index is 15.1. The summed E-state index contributed by atoms with van der Waals surface area (Å²) >= 11 is 1.44. The predicted octanol–water partition coefficient (Wildman–Crippen LogP) is 7.29. The van der Waals surface area contributed by atoms with Crippen LogP contribution in [0.1, 0.15) is 88.2 Å². The third-order valence-corrected chi connectivity index (χ3v) is 15.6. The second-order valence-corrected chi connectivity index (χ2v) is 20.3. The van der Waals surface area contributed by atoms with Gasteiger partial charge in [-0.2, -0.15) is 5.26 Å². The number of phenolic OH excluding ortho intramolecular Hbond substituents is 1. The molecule has 4 aromatic carbocycles. The lowest BCUT2D eigenvalue weighted by atomic mass is 9.71. The van der Waals surface area contributed by atoms with Crippen LogP contribution in [0.4, 0.5) is 4.79 Å². The minimum atomic E-state index is -1.46. The Bertz CT molecular complexity index is 2860. The largest absolute Gasteiger partial charge is 0.514 e. The number of piperazine rings is 1. The maximum atomic E-state index is 15.1. The van der Waals surface area contributed by atoms with E-state index in [-0.39, 0.29) is 48.2 Å². The molecule has 0 aliphatic carbocycles. The molecule has 1 spiro atoms. The fourth-order valence-electron chi connectivity index (χ4n) is 11.3. The summed E-state index contributed by atoms with van der Waals surface area (Å²) in [7, 11) is 4.99. The number of nitrogens with zero attached hydrogens (tertiary/aromatic N) is 3. The van der Waals surface area contributed by atoms with Gasteiger partial charge in [-0.25, -0.2) is 14.4 Å². The number of hydrogen-bond acceptors (Lipinski definition) is 17. The van der Waals surface area contributed by atoms with Crippen LogP contribution in [-0.4, -0.2) is 104 Å². The van der Waals surface area contributed by atoms with Gasteiger partial charge in [0, 0.05) is 52.7 Å². The van der Waals surface area contributed by atoms with Gasteiger partial charge in [0.2, 0.25) is 6.79 Å². The van der Waals surface area contributed by atoms with Crippen molar-refractivity contribution >= 4 is 35.9 Å². The molecule has 0 radical (unpaired) electrons. The summed E-state index contributed by atoms with van der Waals surface area (Å²) in [5.74, 6) is 0.769. The Morgan fingerprint density at radius 1 is 0.971 bits per heavy atom. The fraction of sp³-hybridized carbons (Fsp3) is 0.423. The molecule has 360 valence electrons. The van der Waals surface area contributed by atoms with E-state index in [1.54, 1.807) is 53.0 Å². The van der Waals surface area contributed by atoms with Crippen LogP contribution in [0.5, 0.6) is 40.2 Å². The predicted molar refractivity (Wildman–Crippen MR) is 253 cm³/mol. The van der Waals surface area contributed by atoms with Crippen molar-refractivity contribution in [3.05, 3.63) is 105 Å². The standard InChI is InChI=1S/C52H54N4O12S/c1-26-18-30-19-32-33(22-53)56-34-23-63-49(59)52(31-21-35(61-7)36(20-29(31)16-17-54-52)66-50(60)68-51(3,4)5)24-69-48(40-39(34)46-45(64-25-65-46)27(2)43(40)58)42(56)41(55(32)6)38(30)47(44(26)62-8)67-37(57)15-14-28-12-10-9-11-13-28/h9-15,18,20-21,32-34,41-42,48,54,58H,16-17,19,23-25H2,1-8H3/b15-14+/t32-,33-,34-,41-,42?,48+,52+/m0/s1. The Kier molecular flexibility index (Phi) is 11.7. The Morgan fingerprint density at radius 3 is 2.46 bits per heavy atom. The molecule has 69 heavy (non-hydrogen) atoms. The molecule has 4 aromatic rings. The van der Waals surface area contributed by atoms with Gasteiger partial charge in [-0.05, 0) is 101 Å². The zero-order valence-electron chi connectivity index (χ0n) is 39.7. The van der Waals surface area contributed by atoms with Crippen molar-refractivity contribution in [1.29, 1.82) is 5.26 Å². The molecule has 4 bridgehead atoms. The van der Waals surface area contributed by atoms with Gasteiger partial charge in [0.25, 0.3) is 0 Å². The first kappa shape index (κ1) is 46.3. The van der Waals surface area contributed by atoms with E-state index in [4.69, 9.17) is 37.9 Å². The number of carbonyl (C=O) groups excluding carboxylic acids is 3. The highest BCUT2D eigenvalue weighted by molar-refractivity contribution is 7.99. The minimum absolute atomic E-state index is 0.00783. The number of phenols is 1. The molecule has 2 N–H and O–H groups in total. The monoisotopic (exact) mass is 958 g/mol. The van der Waals surface area contributed by atoms with Crippen LogP contribution in [0.2, 0.25) is 0 Å². The van der Waals surface area contributed by atoms with Gasteiger partial charge in [0.15, 0.2) is 40.0 Å². The highest BCUT2D eigenvalue weighted by Gasteiger charge is 2.62. The van der Waals surface area contributed by atoms with Crippen LogP contribution >= 0.6 is 11.8 Å². The van der Waals surface area contributed by atoms with Crippen LogP contribution in [0.3, 0.4) is 0 Å². The molecule has 7 atom stereocenters.